The lowest BCUT2D eigenvalue weighted by Gasteiger charge is -2.06. The van der Waals surface area contributed by atoms with E-state index in [9.17, 15) is 9.59 Å². The maximum Gasteiger partial charge on any atom is 0.306 e. The van der Waals surface area contributed by atoms with Crippen LogP contribution in [0.2, 0.25) is 0 Å². The monoisotopic (exact) mass is 400 g/mol. The highest BCUT2D eigenvalue weighted by molar-refractivity contribution is 5.76. The predicted octanol–water partition coefficient (Wildman–Crippen LogP) is 6.28. The summed E-state index contributed by atoms with van der Waals surface area (Å²) in [6, 6.07) is 0. The molecule has 166 valence electrons. The minimum atomic E-state index is -0.978. The molecule has 0 amide bonds. The van der Waals surface area contributed by atoms with Crippen molar-refractivity contribution in [1.82, 2.24) is 0 Å². The summed E-state index contributed by atoms with van der Waals surface area (Å²) < 4.78 is 10.5. The second-order valence-electron chi connectivity index (χ2n) is 7.68. The molecule has 0 saturated carbocycles. The molecular weight excluding hydrogens is 356 g/mol. The van der Waals surface area contributed by atoms with Crippen molar-refractivity contribution < 1.29 is 24.2 Å². The zero-order chi connectivity index (χ0) is 20.7. The first-order valence-corrected chi connectivity index (χ1v) is 11.6. The number of carbonyl (C=O) groups is 2. The molecule has 0 aliphatic heterocycles. The Morgan fingerprint density at radius 3 is 1.57 bits per heavy atom. The van der Waals surface area contributed by atoms with Gasteiger partial charge in [-0.2, -0.15) is 0 Å². The number of esters is 1. The Bertz CT molecular complexity index is 357. The first-order chi connectivity index (χ1) is 13.7. The minimum Gasteiger partial charge on any atom is -0.481 e. The van der Waals surface area contributed by atoms with Crippen molar-refractivity contribution in [3.8, 4) is 0 Å². The van der Waals surface area contributed by atoms with Gasteiger partial charge in [-0.25, -0.2) is 0 Å². The lowest BCUT2D eigenvalue weighted by molar-refractivity contribution is -0.148. The third-order valence-electron chi connectivity index (χ3n) is 4.88. The van der Waals surface area contributed by atoms with Crippen LogP contribution in [0.5, 0.6) is 0 Å². The van der Waals surface area contributed by atoms with Crippen molar-refractivity contribution in [3.63, 3.8) is 0 Å². The Morgan fingerprint density at radius 1 is 0.607 bits per heavy atom. The zero-order valence-corrected chi connectivity index (χ0v) is 18.2. The van der Waals surface area contributed by atoms with Gasteiger partial charge in [0.15, 0.2) is 0 Å². The number of ether oxygens (including phenoxy) is 2. The molecule has 0 fully saturated rings. The van der Waals surface area contributed by atoms with E-state index >= 15 is 0 Å². The maximum atomic E-state index is 11.2. The van der Waals surface area contributed by atoms with Gasteiger partial charge in [0, 0.05) is 19.6 Å². The van der Waals surface area contributed by atoms with Crippen LogP contribution in [0.15, 0.2) is 0 Å². The van der Waals surface area contributed by atoms with Gasteiger partial charge < -0.3 is 14.6 Å². The Morgan fingerprint density at radius 2 is 1.07 bits per heavy atom. The van der Waals surface area contributed by atoms with Crippen LogP contribution in [0.1, 0.15) is 116 Å². The van der Waals surface area contributed by atoms with Crippen LogP contribution in [-0.4, -0.2) is 36.9 Å². The summed E-state index contributed by atoms with van der Waals surface area (Å²) in [5, 5.41) is 8.47. The highest BCUT2D eigenvalue weighted by Crippen LogP contribution is 2.12. The molecule has 5 heteroatoms. The lowest BCUT2D eigenvalue weighted by Crippen LogP contribution is -2.10. The number of aliphatic carboxylic acids is 1. The minimum absolute atomic E-state index is 0.0603. The van der Waals surface area contributed by atoms with Gasteiger partial charge in [0.25, 0.3) is 0 Å². The summed E-state index contributed by atoms with van der Waals surface area (Å²) in [7, 11) is 0. The zero-order valence-electron chi connectivity index (χ0n) is 18.2. The number of hydrogen-bond acceptors (Lipinski definition) is 4. The fraction of sp³-hybridized carbons (Fsp3) is 0.913. The number of carboxylic acids is 1. The van der Waals surface area contributed by atoms with Gasteiger partial charge in [0.05, 0.1) is 19.4 Å². The van der Waals surface area contributed by atoms with Crippen LogP contribution >= 0.6 is 0 Å². The molecule has 28 heavy (non-hydrogen) atoms. The van der Waals surface area contributed by atoms with E-state index < -0.39 is 11.9 Å². The topological polar surface area (TPSA) is 72.8 Å². The highest BCUT2D eigenvalue weighted by Gasteiger charge is 2.05. The number of rotatable bonds is 22. The Balaban J connectivity index is 3.08. The fourth-order valence-corrected chi connectivity index (χ4v) is 3.13. The van der Waals surface area contributed by atoms with Gasteiger partial charge in [-0.15, -0.1) is 0 Å². The van der Waals surface area contributed by atoms with Gasteiger partial charge in [0.1, 0.15) is 0 Å². The largest absolute Gasteiger partial charge is 0.481 e. The summed E-state index contributed by atoms with van der Waals surface area (Å²) in [6.07, 6.45) is 19.4. The number of unbranched alkanes of at least 4 members (excludes halogenated alkanes) is 13. The van der Waals surface area contributed by atoms with Crippen molar-refractivity contribution in [3.05, 3.63) is 0 Å². The van der Waals surface area contributed by atoms with E-state index in [1.54, 1.807) is 0 Å². The molecule has 0 bridgehead atoms. The van der Waals surface area contributed by atoms with Crippen molar-refractivity contribution in [2.45, 2.75) is 116 Å². The van der Waals surface area contributed by atoms with Gasteiger partial charge in [-0.05, 0) is 6.42 Å². The van der Waals surface area contributed by atoms with E-state index in [0.717, 1.165) is 13.0 Å². The van der Waals surface area contributed by atoms with Crippen LogP contribution in [0.4, 0.5) is 0 Å². The fourth-order valence-electron chi connectivity index (χ4n) is 3.13. The molecule has 0 radical (unpaired) electrons. The molecule has 0 saturated heterocycles. The van der Waals surface area contributed by atoms with Gasteiger partial charge in [-0.3, -0.25) is 9.59 Å². The quantitative estimate of drug-likeness (QED) is 0.171. The Kier molecular flexibility index (Phi) is 21.3. The molecule has 0 heterocycles. The molecular formula is C23H44O5. The first-order valence-electron chi connectivity index (χ1n) is 11.6. The van der Waals surface area contributed by atoms with Crippen LogP contribution in [0.25, 0.3) is 0 Å². The smallest absolute Gasteiger partial charge is 0.306 e. The van der Waals surface area contributed by atoms with Gasteiger partial charge in [-0.1, -0.05) is 90.4 Å². The van der Waals surface area contributed by atoms with Crippen molar-refractivity contribution in [2.75, 3.05) is 19.8 Å². The molecule has 0 aromatic carbocycles. The van der Waals surface area contributed by atoms with Crippen LogP contribution < -0.4 is 0 Å². The van der Waals surface area contributed by atoms with E-state index in [1.165, 1.54) is 83.5 Å². The van der Waals surface area contributed by atoms with Crippen molar-refractivity contribution in [1.29, 1.82) is 0 Å². The normalized spacial score (nSPS) is 10.9. The average molecular weight is 401 g/mol. The summed E-state index contributed by atoms with van der Waals surface area (Å²) in [4.78, 5) is 21.5. The molecule has 0 aliphatic rings. The molecule has 0 rings (SSSR count). The van der Waals surface area contributed by atoms with E-state index in [1.807, 2.05) is 0 Å². The lowest BCUT2D eigenvalue weighted by atomic mass is 10.0. The molecule has 0 aliphatic carbocycles. The average Bonchev–Trinajstić information content (AvgIpc) is 2.68. The number of carbonyl (C=O) groups excluding carboxylic acids is 1. The standard InChI is InChI=1S/C23H44O5/c1-2-3-4-5-6-7-8-9-10-11-12-13-14-15-19-27-20-16-21-28-23(26)18-17-22(24)25/h2-21H2,1H3,(H,24,25). The van der Waals surface area contributed by atoms with E-state index in [4.69, 9.17) is 14.6 Å². The Labute approximate surface area is 172 Å². The second-order valence-corrected chi connectivity index (χ2v) is 7.68. The highest BCUT2D eigenvalue weighted by atomic mass is 16.5. The van der Waals surface area contributed by atoms with Crippen molar-refractivity contribution in [2.24, 2.45) is 0 Å². The molecule has 0 aromatic rings. The van der Waals surface area contributed by atoms with E-state index in [2.05, 4.69) is 6.92 Å². The third kappa shape index (κ3) is 22.9. The molecule has 0 atom stereocenters. The SMILES string of the molecule is CCCCCCCCCCCCCCCCOCCCOC(=O)CCC(=O)O. The maximum absolute atomic E-state index is 11.2. The van der Waals surface area contributed by atoms with E-state index in [-0.39, 0.29) is 12.8 Å². The third-order valence-corrected chi connectivity index (χ3v) is 4.88. The van der Waals surface area contributed by atoms with Crippen LogP contribution in [0, 0.1) is 0 Å². The summed E-state index contributed by atoms with van der Waals surface area (Å²) in [5.41, 5.74) is 0. The Hall–Kier alpha value is -1.10. The predicted molar refractivity (Wildman–Crippen MR) is 114 cm³/mol. The molecule has 5 nitrogen and oxygen atoms in total. The summed E-state index contributed by atoms with van der Waals surface area (Å²) in [6.45, 7) is 3.93. The van der Waals surface area contributed by atoms with Crippen LogP contribution in [-0.2, 0) is 19.1 Å². The molecule has 0 aromatic heterocycles. The molecule has 1 N–H and O–H groups in total. The van der Waals surface area contributed by atoms with Crippen LogP contribution in [0.3, 0.4) is 0 Å². The second kappa shape index (κ2) is 22.2. The summed E-state index contributed by atoms with van der Waals surface area (Å²) >= 11 is 0. The van der Waals surface area contributed by atoms with Gasteiger partial charge >= 0.3 is 11.9 Å². The number of carboxylic acid groups (broad SMARTS) is 1. The first kappa shape index (κ1) is 26.9. The van der Waals surface area contributed by atoms with E-state index in [0.29, 0.717) is 19.6 Å². The number of hydrogen-bond donors (Lipinski definition) is 1. The van der Waals surface area contributed by atoms with Gasteiger partial charge in [0.2, 0.25) is 0 Å². The molecule has 0 spiro atoms. The molecule has 0 unspecified atom stereocenters. The van der Waals surface area contributed by atoms with Crippen molar-refractivity contribution >= 4 is 11.9 Å². The summed E-state index contributed by atoms with van der Waals surface area (Å²) in [5.74, 6) is -1.43.